The van der Waals surface area contributed by atoms with Gasteiger partial charge in [-0.25, -0.2) is 26.7 Å². The van der Waals surface area contributed by atoms with Gasteiger partial charge in [0.2, 0.25) is 10.0 Å². The Bertz CT molecular complexity index is 1030. The fourth-order valence-corrected chi connectivity index (χ4v) is 4.72. The number of hydrogen-bond donors (Lipinski definition) is 1. The lowest BCUT2D eigenvalue weighted by atomic mass is 9.90. The van der Waals surface area contributed by atoms with E-state index in [0.29, 0.717) is 31.4 Å². The van der Waals surface area contributed by atoms with E-state index in [1.807, 2.05) is 6.07 Å². The number of sulfonamides is 1. The number of carbonyl (C=O) groups excluding carboxylic acids is 1. The van der Waals surface area contributed by atoms with Crippen molar-refractivity contribution in [2.24, 2.45) is 0 Å². The van der Waals surface area contributed by atoms with Crippen molar-refractivity contribution < 1.29 is 26.7 Å². The van der Waals surface area contributed by atoms with Gasteiger partial charge in [0.25, 0.3) is 0 Å². The van der Waals surface area contributed by atoms with Crippen LogP contribution in [-0.2, 0) is 21.2 Å². The van der Waals surface area contributed by atoms with Crippen LogP contribution in [0.3, 0.4) is 0 Å². The molecule has 1 amide bonds. The summed E-state index contributed by atoms with van der Waals surface area (Å²) in [5.41, 5.74) is 1.39. The number of piperidine rings is 1. The number of hydrogen-bond acceptors (Lipinski definition) is 4. The van der Waals surface area contributed by atoms with E-state index in [-0.39, 0.29) is 5.56 Å². The van der Waals surface area contributed by atoms with Crippen molar-refractivity contribution in [1.29, 1.82) is 0 Å². The number of amides is 1. The zero-order valence-corrected chi connectivity index (χ0v) is 17.6. The predicted octanol–water partition coefficient (Wildman–Crippen LogP) is 3.32. The molecule has 1 N–H and O–H groups in total. The Labute approximate surface area is 174 Å². The van der Waals surface area contributed by atoms with Gasteiger partial charge in [-0.2, -0.15) is 0 Å². The topological polar surface area (TPSA) is 75.7 Å². The molecule has 2 aromatic rings. The van der Waals surface area contributed by atoms with Crippen molar-refractivity contribution in [3.63, 3.8) is 0 Å². The van der Waals surface area contributed by atoms with Crippen molar-refractivity contribution >= 4 is 16.1 Å². The van der Waals surface area contributed by atoms with Crippen molar-refractivity contribution in [2.45, 2.75) is 31.3 Å². The molecular weight excluding hydrogens is 414 g/mol. The normalized spacial score (nSPS) is 19.5. The summed E-state index contributed by atoms with van der Waals surface area (Å²) in [7, 11) is -2.21. The highest BCUT2D eigenvalue weighted by atomic mass is 32.2. The van der Waals surface area contributed by atoms with Crippen LogP contribution in [0.2, 0.25) is 0 Å². The fourth-order valence-electron chi connectivity index (χ4n) is 3.90. The Hall–Kier alpha value is -2.52. The van der Waals surface area contributed by atoms with Crippen LogP contribution in [0.25, 0.3) is 11.1 Å². The molecule has 0 aromatic heterocycles. The molecule has 0 aliphatic carbocycles. The molecule has 3 rings (SSSR count). The highest BCUT2D eigenvalue weighted by molar-refractivity contribution is 7.88. The molecule has 0 spiro atoms. The van der Waals surface area contributed by atoms with Gasteiger partial charge in [0.15, 0.2) is 11.6 Å². The highest BCUT2D eigenvalue weighted by Crippen LogP contribution is 2.28. The number of likely N-dealkylation sites (tertiary alicyclic amines) is 1. The molecule has 9 heteroatoms. The largest absolute Gasteiger partial charge is 0.453 e. The van der Waals surface area contributed by atoms with Crippen LogP contribution in [0.4, 0.5) is 13.6 Å². The first kappa shape index (κ1) is 22.2. The minimum Gasteiger partial charge on any atom is -0.453 e. The summed E-state index contributed by atoms with van der Waals surface area (Å²) >= 11 is 0. The van der Waals surface area contributed by atoms with E-state index in [2.05, 4.69) is 4.72 Å². The second-order valence-electron chi connectivity index (χ2n) is 7.38. The third-order valence-electron chi connectivity index (χ3n) is 5.19. The van der Waals surface area contributed by atoms with E-state index < -0.39 is 39.8 Å². The van der Waals surface area contributed by atoms with Gasteiger partial charge in [-0.15, -0.1) is 0 Å². The molecular formula is C21H24F2N2O4S. The number of methoxy groups -OCH3 is 1. The van der Waals surface area contributed by atoms with Crippen LogP contribution in [-0.4, -0.2) is 51.4 Å². The summed E-state index contributed by atoms with van der Waals surface area (Å²) in [5.74, 6) is -1.86. The Morgan fingerprint density at radius 1 is 1.23 bits per heavy atom. The molecule has 1 heterocycles. The summed E-state index contributed by atoms with van der Waals surface area (Å²) < 4.78 is 59.0. The third kappa shape index (κ3) is 5.14. The van der Waals surface area contributed by atoms with E-state index >= 15 is 0 Å². The molecule has 1 aliphatic rings. The lowest BCUT2D eigenvalue weighted by Crippen LogP contribution is -2.57. The molecule has 1 saturated heterocycles. The summed E-state index contributed by atoms with van der Waals surface area (Å²) in [6.07, 6.45) is 2.07. The molecule has 0 bridgehead atoms. The number of halogens is 2. The molecule has 2 atom stereocenters. The highest BCUT2D eigenvalue weighted by Gasteiger charge is 2.36. The van der Waals surface area contributed by atoms with Gasteiger partial charge in [-0.05, 0) is 36.5 Å². The summed E-state index contributed by atoms with van der Waals surface area (Å²) in [5, 5.41) is 0. The van der Waals surface area contributed by atoms with E-state index in [1.54, 1.807) is 18.2 Å². The maximum atomic E-state index is 14.2. The second kappa shape index (κ2) is 9.09. The zero-order chi connectivity index (χ0) is 21.9. The first-order valence-corrected chi connectivity index (χ1v) is 11.4. The smallest absolute Gasteiger partial charge is 0.409 e. The maximum absolute atomic E-state index is 14.2. The Kier molecular flexibility index (Phi) is 6.72. The molecule has 0 unspecified atom stereocenters. The number of nitrogens with one attached hydrogen (secondary N) is 1. The maximum Gasteiger partial charge on any atom is 0.409 e. The quantitative estimate of drug-likeness (QED) is 0.777. The van der Waals surface area contributed by atoms with Crippen LogP contribution < -0.4 is 4.72 Å². The van der Waals surface area contributed by atoms with Crippen LogP contribution in [0.1, 0.15) is 18.4 Å². The fraction of sp³-hybridized carbons (Fsp3) is 0.381. The zero-order valence-electron chi connectivity index (χ0n) is 16.8. The van der Waals surface area contributed by atoms with Gasteiger partial charge in [0, 0.05) is 18.2 Å². The molecule has 30 heavy (non-hydrogen) atoms. The van der Waals surface area contributed by atoms with Crippen LogP contribution in [0.5, 0.6) is 0 Å². The number of nitrogens with zero attached hydrogens (tertiary/aromatic N) is 1. The van der Waals surface area contributed by atoms with Crippen molar-refractivity contribution in [1.82, 2.24) is 9.62 Å². The minimum absolute atomic E-state index is 0.135. The first-order valence-electron chi connectivity index (χ1n) is 9.55. The van der Waals surface area contributed by atoms with Gasteiger partial charge >= 0.3 is 6.09 Å². The molecule has 1 aliphatic heterocycles. The van der Waals surface area contributed by atoms with Crippen LogP contribution in [0.15, 0.2) is 42.5 Å². The van der Waals surface area contributed by atoms with Gasteiger partial charge in [-0.1, -0.05) is 36.4 Å². The van der Waals surface area contributed by atoms with E-state index in [1.165, 1.54) is 24.1 Å². The Morgan fingerprint density at radius 3 is 2.67 bits per heavy atom. The van der Waals surface area contributed by atoms with E-state index in [9.17, 15) is 22.0 Å². The number of rotatable bonds is 5. The predicted molar refractivity (Wildman–Crippen MR) is 109 cm³/mol. The summed E-state index contributed by atoms with van der Waals surface area (Å²) in [6, 6.07) is 9.95. The molecule has 0 saturated carbocycles. The van der Waals surface area contributed by atoms with Crippen molar-refractivity contribution in [3.05, 3.63) is 59.7 Å². The SMILES string of the molecule is COC(=O)N1CCC[C@H](NS(C)(=O)=O)[C@@H]1Cc1cccc(-c2cccc(F)c2F)c1. The Balaban J connectivity index is 1.93. The van der Waals surface area contributed by atoms with Gasteiger partial charge < -0.3 is 9.64 Å². The number of carbonyl (C=O) groups is 1. The van der Waals surface area contributed by atoms with Crippen LogP contribution in [0, 0.1) is 11.6 Å². The summed E-state index contributed by atoms with van der Waals surface area (Å²) in [6.45, 7) is 0.442. The average molecular weight is 438 g/mol. The lowest BCUT2D eigenvalue weighted by molar-refractivity contribution is 0.0792. The molecule has 1 fully saturated rings. The van der Waals surface area contributed by atoms with E-state index in [4.69, 9.17) is 4.74 Å². The van der Waals surface area contributed by atoms with Crippen molar-refractivity contribution in [2.75, 3.05) is 19.9 Å². The molecule has 6 nitrogen and oxygen atoms in total. The van der Waals surface area contributed by atoms with Gasteiger partial charge in [0.05, 0.1) is 19.4 Å². The summed E-state index contributed by atoms with van der Waals surface area (Å²) in [4.78, 5) is 13.8. The minimum atomic E-state index is -3.49. The van der Waals surface area contributed by atoms with Crippen molar-refractivity contribution in [3.8, 4) is 11.1 Å². The first-order chi connectivity index (χ1) is 14.2. The molecule has 2 aromatic carbocycles. The standard InChI is InChI=1S/C21H24F2N2O4S/c1-29-21(26)25-11-5-10-18(24-30(2,27)28)19(25)13-14-6-3-7-15(12-14)16-8-4-9-17(22)20(16)23/h3-4,6-9,12,18-19,24H,5,10-11,13H2,1-2H3/t18-,19-/m0/s1. The van der Waals surface area contributed by atoms with Gasteiger partial charge in [-0.3, -0.25) is 0 Å². The third-order valence-corrected chi connectivity index (χ3v) is 5.92. The molecule has 162 valence electrons. The lowest BCUT2D eigenvalue weighted by Gasteiger charge is -2.40. The van der Waals surface area contributed by atoms with Crippen LogP contribution >= 0.6 is 0 Å². The second-order valence-corrected chi connectivity index (χ2v) is 9.16. The number of ether oxygens (including phenoxy) is 1. The van der Waals surface area contributed by atoms with Gasteiger partial charge in [0.1, 0.15) is 0 Å². The number of benzene rings is 2. The average Bonchev–Trinajstić information content (AvgIpc) is 2.70. The van der Waals surface area contributed by atoms with E-state index in [0.717, 1.165) is 17.9 Å². The Morgan fingerprint density at radius 2 is 1.97 bits per heavy atom. The monoisotopic (exact) mass is 438 g/mol. The molecule has 0 radical (unpaired) electrons.